The molecule has 3 heteroatoms. The summed E-state index contributed by atoms with van der Waals surface area (Å²) in [5, 5.41) is 8.88. The number of carbonyl (C=O) groups is 1. The summed E-state index contributed by atoms with van der Waals surface area (Å²) in [7, 11) is 0. The van der Waals surface area contributed by atoms with Crippen LogP contribution in [0.25, 0.3) is 0 Å². The number of para-hydroxylation sites is 1. The van der Waals surface area contributed by atoms with Crippen molar-refractivity contribution in [2.45, 2.75) is 0 Å². The molecule has 0 bridgehead atoms. The SMILES string of the molecule is C=C1[CH]c2ccccc2N1C(=O)O. The van der Waals surface area contributed by atoms with E-state index in [1.807, 2.05) is 12.1 Å². The molecule has 0 atom stereocenters. The van der Waals surface area contributed by atoms with E-state index in [9.17, 15) is 4.79 Å². The third kappa shape index (κ3) is 1.09. The Morgan fingerprint density at radius 2 is 2.08 bits per heavy atom. The van der Waals surface area contributed by atoms with E-state index >= 15 is 0 Å². The maximum absolute atomic E-state index is 10.8. The molecule has 1 amide bonds. The molecule has 0 aromatic heterocycles. The summed E-state index contributed by atoms with van der Waals surface area (Å²) in [5.74, 6) is 0. The quantitative estimate of drug-likeness (QED) is 0.655. The van der Waals surface area contributed by atoms with E-state index in [-0.39, 0.29) is 0 Å². The summed E-state index contributed by atoms with van der Waals surface area (Å²) in [4.78, 5) is 12.0. The smallest absolute Gasteiger partial charge is 0.416 e. The van der Waals surface area contributed by atoms with E-state index in [4.69, 9.17) is 5.11 Å². The maximum atomic E-state index is 10.8. The molecule has 3 nitrogen and oxygen atoms in total. The summed E-state index contributed by atoms with van der Waals surface area (Å²) in [6.07, 6.45) is 0.759. The number of anilines is 1. The van der Waals surface area contributed by atoms with Gasteiger partial charge in [-0.2, -0.15) is 0 Å². The lowest BCUT2D eigenvalue weighted by atomic mass is 10.2. The highest BCUT2D eigenvalue weighted by Gasteiger charge is 2.27. The largest absolute Gasteiger partial charge is 0.464 e. The lowest BCUT2D eigenvalue weighted by Gasteiger charge is -2.13. The highest BCUT2D eigenvalue weighted by molar-refractivity contribution is 5.95. The molecule has 1 radical (unpaired) electrons. The van der Waals surface area contributed by atoms with Gasteiger partial charge in [0.15, 0.2) is 0 Å². The molecular formula is C10H8NO2. The van der Waals surface area contributed by atoms with Crippen LogP contribution in [-0.4, -0.2) is 11.2 Å². The summed E-state index contributed by atoms with van der Waals surface area (Å²) in [6, 6.07) is 7.30. The molecule has 65 valence electrons. The van der Waals surface area contributed by atoms with Gasteiger partial charge >= 0.3 is 6.09 Å². The van der Waals surface area contributed by atoms with Crippen molar-refractivity contribution in [3.05, 3.63) is 48.5 Å². The molecule has 13 heavy (non-hydrogen) atoms. The first kappa shape index (κ1) is 7.86. The normalized spacial score (nSPS) is 14.5. The molecule has 1 aromatic carbocycles. The Bertz CT molecular complexity index is 384. The van der Waals surface area contributed by atoms with Crippen molar-refractivity contribution in [1.29, 1.82) is 0 Å². The van der Waals surface area contributed by atoms with Crippen molar-refractivity contribution in [2.24, 2.45) is 0 Å². The van der Waals surface area contributed by atoms with E-state index in [0.29, 0.717) is 11.4 Å². The van der Waals surface area contributed by atoms with Crippen molar-refractivity contribution in [1.82, 2.24) is 0 Å². The van der Waals surface area contributed by atoms with Crippen molar-refractivity contribution in [3.8, 4) is 0 Å². The van der Waals surface area contributed by atoms with Crippen LogP contribution in [0.1, 0.15) is 5.56 Å². The fourth-order valence-electron chi connectivity index (χ4n) is 1.44. The Labute approximate surface area is 75.9 Å². The van der Waals surface area contributed by atoms with Gasteiger partial charge in [-0.05, 0) is 11.6 Å². The maximum Gasteiger partial charge on any atom is 0.416 e. The zero-order chi connectivity index (χ0) is 9.42. The van der Waals surface area contributed by atoms with Crippen LogP contribution in [-0.2, 0) is 0 Å². The molecular weight excluding hydrogens is 166 g/mol. The van der Waals surface area contributed by atoms with Crippen molar-refractivity contribution < 1.29 is 9.90 Å². The number of nitrogens with zero attached hydrogens (tertiary/aromatic N) is 1. The molecule has 2 rings (SSSR count). The Morgan fingerprint density at radius 1 is 1.38 bits per heavy atom. The van der Waals surface area contributed by atoms with Gasteiger partial charge in [0.25, 0.3) is 0 Å². The number of benzene rings is 1. The molecule has 0 saturated heterocycles. The second kappa shape index (κ2) is 2.62. The van der Waals surface area contributed by atoms with Gasteiger partial charge in [0.05, 0.1) is 5.69 Å². The number of allylic oxidation sites excluding steroid dienone is 1. The van der Waals surface area contributed by atoms with Crippen LogP contribution < -0.4 is 4.90 Å². The first-order valence-electron chi connectivity index (χ1n) is 3.86. The molecule has 1 aliphatic rings. The van der Waals surface area contributed by atoms with E-state index in [1.165, 1.54) is 4.90 Å². The van der Waals surface area contributed by atoms with Gasteiger partial charge in [0, 0.05) is 12.1 Å². The van der Waals surface area contributed by atoms with Crippen LogP contribution in [0.2, 0.25) is 0 Å². The minimum Gasteiger partial charge on any atom is -0.464 e. The Morgan fingerprint density at radius 3 is 2.77 bits per heavy atom. The zero-order valence-electron chi connectivity index (χ0n) is 6.90. The predicted molar refractivity (Wildman–Crippen MR) is 49.5 cm³/mol. The lowest BCUT2D eigenvalue weighted by molar-refractivity contribution is 0.204. The average molecular weight is 174 g/mol. The van der Waals surface area contributed by atoms with Crippen LogP contribution in [0.4, 0.5) is 10.5 Å². The van der Waals surface area contributed by atoms with Gasteiger partial charge in [-0.3, -0.25) is 0 Å². The number of fused-ring (bicyclic) bond motifs is 1. The predicted octanol–water partition coefficient (Wildman–Crippen LogP) is 2.25. The summed E-state index contributed by atoms with van der Waals surface area (Å²) >= 11 is 0. The van der Waals surface area contributed by atoms with Crippen LogP contribution >= 0.6 is 0 Å². The zero-order valence-corrected chi connectivity index (χ0v) is 6.90. The number of hydrogen-bond donors (Lipinski definition) is 1. The molecule has 0 unspecified atom stereocenters. The molecule has 0 fully saturated rings. The Kier molecular flexibility index (Phi) is 1.59. The van der Waals surface area contributed by atoms with Crippen molar-refractivity contribution in [3.63, 3.8) is 0 Å². The fraction of sp³-hybridized carbons (Fsp3) is 0. The van der Waals surface area contributed by atoms with Crippen molar-refractivity contribution >= 4 is 11.8 Å². The second-order valence-corrected chi connectivity index (χ2v) is 2.81. The number of rotatable bonds is 0. The van der Waals surface area contributed by atoms with Gasteiger partial charge in [0.2, 0.25) is 0 Å². The van der Waals surface area contributed by atoms with E-state index < -0.39 is 6.09 Å². The molecule has 0 saturated carbocycles. The molecule has 1 aromatic rings. The Balaban J connectivity index is 2.52. The summed E-state index contributed by atoms with van der Waals surface area (Å²) in [6.45, 7) is 3.66. The van der Waals surface area contributed by atoms with Gasteiger partial charge in [-0.1, -0.05) is 24.8 Å². The summed E-state index contributed by atoms with van der Waals surface area (Å²) in [5.41, 5.74) is 2.07. The third-order valence-electron chi connectivity index (χ3n) is 1.98. The van der Waals surface area contributed by atoms with Gasteiger partial charge in [-0.15, -0.1) is 0 Å². The van der Waals surface area contributed by atoms with Crippen LogP contribution in [0.5, 0.6) is 0 Å². The van der Waals surface area contributed by atoms with E-state index in [0.717, 1.165) is 5.56 Å². The number of amides is 1. The lowest BCUT2D eigenvalue weighted by Crippen LogP contribution is -2.24. The van der Waals surface area contributed by atoms with Crippen LogP contribution in [0.15, 0.2) is 36.5 Å². The highest BCUT2D eigenvalue weighted by atomic mass is 16.4. The first-order chi connectivity index (χ1) is 6.20. The van der Waals surface area contributed by atoms with Gasteiger partial charge < -0.3 is 5.11 Å². The van der Waals surface area contributed by atoms with Gasteiger partial charge in [-0.25, -0.2) is 9.69 Å². The van der Waals surface area contributed by atoms with E-state index in [1.54, 1.807) is 18.6 Å². The topological polar surface area (TPSA) is 40.5 Å². The molecule has 1 aliphatic heterocycles. The average Bonchev–Trinajstić information content (AvgIpc) is 2.39. The second-order valence-electron chi connectivity index (χ2n) is 2.81. The van der Waals surface area contributed by atoms with Crippen LogP contribution in [0, 0.1) is 6.42 Å². The monoisotopic (exact) mass is 174 g/mol. The fourth-order valence-corrected chi connectivity index (χ4v) is 1.44. The highest BCUT2D eigenvalue weighted by Crippen LogP contribution is 2.34. The standard InChI is InChI=1S/C10H8NO2/c1-7-6-8-4-2-3-5-9(8)11(7)10(12)13/h2-6H,1H2,(H,12,13). The molecule has 0 aliphatic carbocycles. The first-order valence-corrected chi connectivity index (χ1v) is 3.86. The molecule has 1 N–H and O–H groups in total. The molecule has 0 spiro atoms. The summed E-state index contributed by atoms with van der Waals surface area (Å²) < 4.78 is 0. The van der Waals surface area contributed by atoms with E-state index in [2.05, 4.69) is 6.58 Å². The van der Waals surface area contributed by atoms with Gasteiger partial charge in [0.1, 0.15) is 0 Å². The van der Waals surface area contributed by atoms with Crippen LogP contribution in [0.3, 0.4) is 0 Å². The number of carboxylic acid groups (broad SMARTS) is 1. The number of hydrogen-bond acceptors (Lipinski definition) is 1. The van der Waals surface area contributed by atoms with Crippen molar-refractivity contribution in [2.75, 3.05) is 4.90 Å². The third-order valence-corrected chi connectivity index (χ3v) is 1.98. The minimum absolute atomic E-state index is 0.494. The molecule has 1 heterocycles. The minimum atomic E-state index is -0.994. The Hall–Kier alpha value is -1.77.